The minimum absolute atomic E-state index is 0.235. The number of carbonyl (C=O) groups excluding carboxylic acids is 2. The van der Waals surface area contributed by atoms with Crippen molar-refractivity contribution in [1.29, 1.82) is 0 Å². The van der Waals surface area contributed by atoms with E-state index in [1.165, 1.54) is 18.2 Å². The second kappa shape index (κ2) is 5.86. The normalized spacial score (nSPS) is 11.9. The SMILES string of the molecule is NC(=O)C(O)CNC(=O)c1cc(Cl)cc(Cl)c1. The molecule has 0 fully saturated rings. The van der Waals surface area contributed by atoms with Crippen molar-refractivity contribution < 1.29 is 14.7 Å². The van der Waals surface area contributed by atoms with E-state index in [0.29, 0.717) is 10.0 Å². The Morgan fingerprint density at radius 1 is 1.29 bits per heavy atom. The fraction of sp³-hybridized carbons (Fsp3) is 0.200. The molecule has 0 aromatic heterocycles. The van der Waals surface area contributed by atoms with E-state index in [9.17, 15) is 9.59 Å². The van der Waals surface area contributed by atoms with Crippen molar-refractivity contribution in [3.8, 4) is 0 Å². The molecule has 4 N–H and O–H groups in total. The smallest absolute Gasteiger partial charge is 0.251 e. The highest BCUT2D eigenvalue weighted by atomic mass is 35.5. The van der Waals surface area contributed by atoms with E-state index >= 15 is 0 Å². The van der Waals surface area contributed by atoms with Crippen LogP contribution in [0.1, 0.15) is 10.4 Å². The molecule has 0 aliphatic heterocycles. The average Bonchev–Trinajstić information content (AvgIpc) is 2.23. The number of carbonyl (C=O) groups is 2. The van der Waals surface area contributed by atoms with E-state index < -0.39 is 17.9 Å². The number of halogens is 2. The predicted molar refractivity (Wildman–Crippen MR) is 64.0 cm³/mol. The van der Waals surface area contributed by atoms with Crippen LogP contribution in [0.5, 0.6) is 0 Å². The third-order valence-electron chi connectivity index (χ3n) is 1.91. The van der Waals surface area contributed by atoms with Gasteiger partial charge < -0.3 is 16.2 Å². The number of hydrogen-bond acceptors (Lipinski definition) is 3. The third kappa shape index (κ3) is 4.22. The maximum atomic E-state index is 11.6. The first-order chi connectivity index (χ1) is 7.90. The van der Waals surface area contributed by atoms with Gasteiger partial charge in [0.15, 0.2) is 0 Å². The Balaban J connectivity index is 2.67. The van der Waals surface area contributed by atoms with Crippen LogP contribution < -0.4 is 11.1 Å². The lowest BCUT2D eigenvalue weighted by Crippen LogP contribution is -2.39. The monoisotopic (exact) mass is 276 g/mol. The zero-order valence-electron chi connectivity index (χ0n) is 8.61. The fourth-order valence-corrected chi connectivity index (χ4v) is 1.60. The molecule has 7 heteroatoms. The third-order valence-corrected chi connectivity index (χ3v) is 2.35. The number of nitrogens with two attached hydrogens (primary N) is 1. The van der Waals surface area contributed by atoms with Crippen LogP contribution in [0.4, 0.5) is 0 Å². The summed E-state index contributed by atoms with van der Waals surface area (Å²) in [4.78, 5) is 22.1. The highest BCUT2D eigenvalue weighted by Crippen LogP contribution is 2.18. The molecule has 17 heavy (non-hydrogen) atoms. The summed E-state index contributed by atoms with van der Waals surface area (Å²) < 4.78 is 0. The lowest BCUT2D eigenvalue weighted by Gasteiger charge is -2.08. The van der Waals surface area contributed by atoms with Crippen molar-refractivity contribution in [3.63, 3.8) is 0 Å². The second-order valence-electron chi connectivity index (χ2n) is 3.29. The summed E-state index contributed by atoms with van der Waals surface area (Å²) in [6.45, 7) is -0.266. The molecule has 0 aliphatic carbocycles. The van der Waals surface area contributed by atoms with Gasteiger partial charge in [-0.2, -0.15) is 0 Å². The first-order valence-electron chi connectivity index (χ1n) is 4.62. The van der Waals surface area contributed by atoms with E-state index in [1.807, 2.05) is 0 Å². The van der Waals surface area contributed by atoms with Gasteiger partial charge in [-0.05, 0) is 18.2 Å². The Morgan fingerprint density at radius 3 is 2.29 bits per heavy atom. The number of aliphatic hydroxyl groups excluding tert-OH is 1. The summed E-state index contributed by atoms with van der Waals surface area (Å²) in [5.74, 6) is -1.41. The number of rotatable bonds is 4. The Morgan fingerprint density at radius 2 is 1.82 bits per heavy atom. The van der Waals surface area contributed by atoms with Crippen LogP contribution in [0, 0.1) is 0 Å². The summed E-state index contributed by atoms with van der Waals surface area (Å²) in [6, 6.07) is 4.32. The van der Waals surface area contributed by atoms with E-state index in [0.717, 1.165) is 0 Å². The number of amides is 2. The summed E-state index contributed by atoms with van der Waals surface area (Å²) in [5, 5.41) is 12.1. The minimum Gasteiger partial charge on any atom is -0.381 e. The van der Waals surface area contributed by atoms with Gasteiger partial charge in [-0.15, -0.1) is 0 Å². The van der Waals surface area contributed by atoms with Crippen molar-refractivity contribution in [3.05, 3.63) is 33.8 Å². The molecule has 0 heterocycles. The van der Waals surface area contributed by atoms with Gasteiger partial charge in [-0.3, -0.25) is 9.59 Å². The molecule has 1 rings (SSSR count). The molecule has 0 aliphatic rings. The average molecular weight is 277 g/mol. The van der Waals surface area contributed by atoms with Gasteiger partial charge in [0.05, 0.1) is 6.54 Å². The highest BCUT2D eigenvalue weighted by Gasteiger charge is 2.13. The number of primary amides is 1. The summed E-state index contributed by atoms with van der Waals surface area (Å²) in [7, 11) is 0. The lowest BCUT2D eigenvalue weighted by molar-refractivity contribution is -0.125. The summed E-state index contributed by atoms with van der Waals surface area (Å²) >= 11 is 11.4. The molecule has 1 atom stereocenters. The van der Waals surface area contributed by atoms with Crippen molar-refractivity contribution in [2.75, 3.05) is 6.54 Å². The van der Waals surface area contributed by atoms with Crippen LogP contribution in [0.2, 0.25) is 10.0 Å². The van der Waals surface area contributed by atoms with E-state index in [2.05, 4.69) is 5.32 Å². The molecule has 0 saturated carbocycles. The van der Waals surface area contributed by atoms with Gasteiger partial charge in [-0.25, -0.2) is 0 Å². The molecular formula is C10H10Cl2N2O3. The first-order valence-corrected chi connectivity index (χ1v) is 5.37. The molecule has 0 spiro atoms. The van der Waals surface area contributed by atoms with Crippen LogP contribution in [-0.4, -0.2) is 29.6 Å². The highest BCUT2D eigenvalue weighted by molar-refractivity contribution is 6.35. The quantitative estimate of drug-likeness (QED) is 0.751. The largest absolute Gasteiger partial charge is 0.381 e. The standard InChI is InChI=1S/C10H10Cl2N2O3/c11-6-1-5(2-7(12)3-6)10(17)14-4-8(15)9(13)16/h1-3,8,15H,4H2,(H2,13,16)(H,14,17). The number of benzene rings is 1. The molecule has 92 valence electrons. The van der Waals surface area contributed by atoms with Crippen molar-refractivity contribution in [1.82, 2.24) is 5.32 Å². The Kier molecular flexibility index (Phi) is 4.74. The van der Waals surface area contributed by atoms with Crippen molar-refractivity contribution in [2.24, 2.45) is 5.73 Å². The van der Waals surface area contributed by atoms with Crippen LogP contribution >= 0.6 is 23.2 Å². The molecular weight excluding hydrogens is 267 g/mol. The lowest BCUT2D eigenvalue weighted by atomic mass is 10.2. The van der Waals surface area contributed by atoms with Gasteiger partial charge in [0, 0.05) is 15.6 Å². The summed E-state index contributed by atoms with van der Waals surface area (Å²) in [6.07, 6.45) is -1.42. The zero-order valence-corrected chi connectivity index (χ0v) is 10.1. The van der Waals surface area contributed by atoms with Crippen LogP contribution in [-0.2, 0) is 4.79 Å². The van der Waals surface area contributed by atoms with Crippen molar-refractivity contribution >= 4 is 35.0 Å². The number of aliphatic hydroxyl groups is 1. The Labute approximate surface area is 108 Å². The topological polar surface area (TPSA) is 92.4 Å². The molecule has 1 unspecified atom stereocenters. The second-order valence-corrected chi connectivity index (χ2v) is 4.16. The predicted octanol–water partition coefficient (Wildman–Crippen LogP) is 0.569. The molecule has 0 radical (unpaired) electrons. The fourth-order valence-electron chi connectivity index (χ4n) is 1.08. The van der Waals surface area contributed by atoms with Crippen molar-refractivity contribution in [2.45, 2.75) is 6.10 Å². The summed E-state index contributed by atoms with van der Waals surface area (Å²) in [5.41, 5.74) is 5.06. The van der Waals surface area contributed by atoms with Gasteiger partial charge in [-0.1, -0.05) is 23.2 Å². The first kappa shape index (κ1) is 13.8. The zero-order chi connectivity index (χ0) is 13.0. The molecule has 0 bridgehead atoms. The Bertz CT molecular complexity index is 431. The molecule has 5 nitrogen and oxygen atoms in total. The number of hydrogen-bond donors (Lipinski definition) is 3. The van der Waals surface area contributed by atoms with Gasteiger partial charge in [0.25, 0.3) is 5.91 Å². The van der Waals surface area contributed by atoms with Crippen LogP contribution in [0.15, 0.2) is 18.2 Å². The van der Waals surface area contributed by atoms with E-state index in [4.69, 9.17) is 34.0 Å². The van der Waals surface area contributed by atoms with Crippen LogP contribution in [0.25, 0.3) is 0 Å². The van der Waals surface area contributed by atoms with E-state index in [1.54, 1.807) is 0 Å². The maximum absolute atomic E-state index is 11.6. The molecule has 0 saturated heterocycles. The van der Waals surface area contributed by atoms with E-state index in [-0.39, 0.29) is 12.1 Å². The molecule has 1 aromatic rings. The minimum atomic E-state index is -1.42. The Hall–Kier alpha value is -1.30. The van der Waals surface area contributed by atoms with Gasteiger partial charge in [0.1, 0.15) is 6.10 Å². The maximum Gasteiger partial charge on any atom is 0.251 e. The molecule has 1 aromatic carbocycles. The van der Waals surface area contributed by atoms with Gasteiger partial charge >= 0.3 is 0 Å². The van der Waals surface area contributed by atoms with Crippen LogP contribution in [0.3, 0.4) is 0 Å². The molecule has 2 amide bonds. The number of nitrogens with one attached hydrogen (secondary N) is 1. The van der Waals surface area contributed by atoms with Gasteiger partial charge in [0.2, 0.25) is 5.91 Å².